The zero-order chi connectivity index (χ0) is 17.7. The molecule has 1 aliphatic rings. The number of nitrogens with zero attached hydrogens (tertiary/aromatic N) is 3. The summed E-state index contributed by atoms with van der Waals surface area (Å²) in [5, 5.41) is -0.370. The zero-order valence-electron chi connectivity index (χ0n) is 13.8. The summed E-state index contributed by atoms with van der Waals surface area (Å²) in [5.74, 6) is 0.287. The van der Waals surface area contributed by atoms with E-state index < -0.39 is 11.7 Å². The lowest BCUT2D eigenvalue weighted by atomic mass is 10.1. The Balaban J connectivity index is 0.00000312. The first-order chi connectivity index (χ1) is 11.3. The first kappa shape index (κ1) is 24.6. The van der Waals surface area contributed by atoms with Crippen LogP contribution in [-0.2, 0) is 12.7 Å². The molecule has 0 bridgehead atoms. The molecule has 5 nitrogen and oxygen atoms in total. The largest absolute Gasteiger partial charge is 0.417 e. The van der Waals surface area contributed by atoms with Gasteiger partial charge < -0.3 is 16.4 Å². The smallest absolute Gasteiger partial charge is 0.369 e. The molecule has 1 fully saturated rings. The van der Waals surface area contributed by atoms with E-state index in [1.54, 1.807) is 0 Å². The normalized spacial score (nSPS) is 15.9. The summed E-state index contributed by atoms with van der Waals surface area (Å²) in [5.41, 5.74) is 11.2. The minimum atomic E-state index is -4.48. The molecule has 0 aromatic heterocycles. The molecule has 1 aromatic carbocycles. The molecule has 1 aromatic rings. The summed E-state index contributed by atoms with van der Waals surface area (Å²) in [7, 11) is 0. The molecule has 0 amide bonds. The van der Waals surface area contributed by atoms with E-state index in [0.717, 1.165) is 32.0 Å². The Morgan fingerprint density at radius 3 is 2.27 bits per heavy atom. The number of alkyl halides is 3. The van der Waals surface area contributed by atoms with Crippen LogP contribution in [0.1, 0.15) is 30.4 Å². The number of guanidine groups is 2. The van der Waals surface area contributed by atoms with E-state index in [1.165, 1.54) is 18.6 Å². The first-order valence-corrected chi connectivity index (χ1v) is 7.90. The number of likely N-dealkylation sites (tertiary alicyclic amines) is 1. The van der Waals surface area contributed by atoms with Gasteiger partial charge in [0.1, 0.15) is 0 Å². The van der Waals surface area contributed by atoms with Gasteiger partial charge in [0.05, 0.1) is 17.1 Å². The number of hydrogen-bond donors (Lipinski definition) is 2. The van der Waals surface area contributed by atoms with Crippen molar-refractivity contribution >= 4 is 48.3 Å². The lowest BCUT2D eigenvalue weighted by molar-refractivity contribution is -0.137. The van der Waals surface area contributed by atoms with Crippen LogP contribution in [0.15, 0.2) is 28.2 Å². The van der Waals surface area contributed by atoms with Crippen molar-refractivity contribution in [1.82, 2.24) is 4.90 Å². The summed E-state index contributed by atoms with van der Waals surface area (Å²) in [6.45, 7) is 1.73. The highest BCUT2D eigenvalue weighted by molar-refractivity contribution is 6.31. The average Bonchev–Trinajstić information content (AvgIpc) is 2.52. The van der Waals surface area contributed by atoms with E-state index in [9.17, 15) is 13.2 Å². The van der Waals surface area contributed by atoms with Gasteiger partial charge in [-0.15, -0.1) is 24.8 Å². The Morgan fingerprint density at radius 1 is 1.12 bits per heavy atom. The predicted octanol–water partition coefficient (Wildman–Crippen LogP) is 3.82. The molecule has 0 unspecified atom stereocenters. The van der Waals surface area contributed by atoms with E-state index in [2.05, 4.69) is 9.98 Å². The van der Waals surface area contributed by atoms with Crippen LogP contribution < -0.4 is 11.5 Å². The van der Waals surface area contributed by atoms with Gasteiger partial charge in [-0.05, 0) is 37.0 Å². The number of benzene rings is 1. The highest BCUT2D eigenvalue weighted by Gasteiger charge is 2.32. The highest BCUT2D eigenvalue weighted by Crippen LogP contribution is 2.34. The Hall–Kier alpha value is -1.38. The second kappa shape index (κ2) is 10.7. The molecule has 4 N–H and O–H groups in total. The number of hydrogen-bond acceptors (Lipinski definition) is 1. The molecule has 0 radical (unpaired) electrons. The molecule has 0 aliphatic carbocycles. The van der Waals surface area contributed by atoms with Gasteiger partial charge in [-0.2, -0.15) is 18.2 Å². The third-order valence-corrected chi connectivity index (χ3v) is 3.98. The molecule has 11 heteroatoms. The quantitative estimate of drug-likeness (QED) is 0.548. The van der Waals surface area contributed by atoms with Crippen LogP contribution in [0.4, 0.5) is 13.2 Å². The third-order valence-electron chi connectivity index (χ3n) is 3.67. The van der Waals surface area contributed by atoms with Crippen LogP contribution in [0.3, 0.4) is 0 Å². The second-order valence-corrected chi connectivity index (χ2v) is 5.91. The van der Waals surface area contributed by atoms with Gasteiger partial charge >= 0.3 is 6.18 Å². The third kappa shape index (κ3) is 7.09. The highest BCUT2D eigenvalue weighted by atomic mass is 35.5. The number of halogens is 6. The minimum absolute atomic E-state index is 0. The van der Waals surface area contributed by atoms with E-state index in [0.29, 0.717) is 11.5 Å². The maximum atomic E-state index is 12.6. The van der Waals surface area contributed by atoms with Gasteiger partial charge in [-0.1, -0.05) is 17.7 Å². The van der Waals surface area contributed by atoms with Crippen molar-refractivity contribution in [1.29, 1.82) is 0 Å². The van der Waals surface area contributed by atoms with Crippen molar-refractivity contribution < 1.29 is 13.2 Å². The molecular weight excluding hydrogens is 414 g/mol. The summed E-state index contributed by atoms with van der Waals surface area (Å²) in [6.07, 6.45) is -1.21. The zero-order valence-corrected chi connectivity index (χ0v) is 16.2. The molecule has 0 saturated carbocycles. The van der Waals surface area contributed by atoms with Gasteiger partial charge in [0.15, 0.2) is 5.96 Å². The van der Waals surface area contributed by atoms with Crippen LogP contribution in [0.5, 0.6) is 0 Å². The van der Waals surface area contributed by atoms with E-state index in [4.69, 9.17) is 23.1 Å². The summed E-state index contributed by atoms with van der Waals surface area (Å²) < 4.78 is 37.9. The summed E-state index contributed by atoms with van der Waals surface area (Å²) in [4.78, 5) is 9.98. The standard InChI is InChI=1S/C15H19ClF3N5.2ClH/c16-12-8-10(4-5-11(12)15(17,18)19)9-22-13(20)23-14(21)24-6-2-1-3-7-24;;/h4-5,8H,1-3,6-7,9H2,(H4,20,21,22,23);2*1H. The van der Waals surface area contributed by atoms with Gasteiger partial charge in [-0.25, -0.2) is 4.99 Å². The van der Waals surface area contributed by atoms with Crippen LogP contribution in [0.25, 0.3) is 0 Å². The van der Waals surface area contributed by atoms with Crippen molar-refractivity contribution in [3.8, 4) is 0 Å². The predicted molar refractivity (Wildman–Crippen MR) is 103 cm³/mol. The molecule has 26 heavy (non-hydrogen) atoms. The van der Waals surface area contributed by atoms with Gasteiger partial charge in [0.2, 0.25) is 5.96 Å². The molecule has 148 valence electrons. The van der Waals surface area contributed by atoms with Crippen LogP contribution in [0, 0.1) is 0 Å². The fourth-order valence-corrected chi connectivity index (χ4v) is 2.72. The SMILES string of the molecule is Cl.Cl.NC(=NCc1ccc(C(F)(F)F)c(Cl)c1)/N=C(/N)N1CCCCC1. The van der Waals surface area contributed by atoms with Gasteiger partial charge in [0, 0.05) is 13.1 Å². The van der Waals surface area contributed by atoms with E-state index in [-0.39, 0.29) is 42.3 Å². The lowest BCUT2D eigenvalue weighted by Crippen LogP contribution is -2.41. The van der Waals surface area contributed by atoms with Crippen molar-refractivity contribution in [3.05, 3.63) is 34.3 Å². The number of piperidine rings is 1. The van der Waals surface area contributed by atoms with Crippen molar-refractivity contribution in [3.63, 3.8) is 0 Å². The number of nitrogens with two attached hydrogens (primary N) is 2. The number of rotatable bonds is 2. The monoisotopic (exact) mass is 433 g/mol. The fourth-order valence-electron chi connectivity index (χ4n) is 2.41. The molecule has 2 rings (SSSR count). The lowest BCUT2D eigenvalue weighted by Gasteiger charge is -2.27. The van der Waals surface area contributed by atoms with Crippen LogP contribution >= 0.6 is 36.4 Å². The van der Waals surface area contributed by atoms with Crippen molar-refractivity contribution in [2.75, 3.05) is 13.1 Å². The molecular formula is C15H21Cl3F3N5. The fraction of sp³-hybridized carbons (Fsp3) is 0.467. The Kier molecular flexibility index (Phi) is 10.1. The minimum Gasteiger partial charge on any atom is -0.369 e. The maximum absolute atomic E-state index is 12.6. The molecule has 1 saturated heterocycles. The molecule has 1 aliphatic heterocycles. The molecule has 0 spiro atoms. The van der Waals surface area contributed by atoms with Gasteiger partial charge in [-0.3, -0.25) is 0 Å². The Bertz CT molecular complexity index is 644. The van der Waals surface area contributed by atoms with Crippen LogP contribution in [-0.4, -0.2) is 29.9 Å². The second-order valence-electron chi connectivity index (χ2n) is 5.50. The van der Waals surface area contributed by atoms with Crippen molar-refractivity contribution in [2.45, 2.75) is 32.0 Å². The Labute approximate surface area is 167 Å². The summed E-state index contributed by atoms with van der Waals surface area (Å²) >= 11 is 5.66. The molecule has 0 atom stereocenters. The van der Waals surface area contributed by atoms with Crippen LogP contribution in [0.2, 0.25) is 5.02 Å². The maximum Gasteiger partial charge on any atom is 0.417 e. The Morgan fingerprint density at radius 2 is 1.73 bits per heavy atom. The van der Waals surface area contributed by atoms with Crippen molar-refractivity contribution in [2.24, 2.45) is 21.5 Å². The first-order valence-electron chi connectivity index (χ1n) is 7.52. The molecule has 1 heterocycles. The van der Waals surface area contributed by atoms with Gasteiger partial charge in [0.25, 0.3) is 0 Å². The number of aliphatic imine (C=N–C) groups is 2. The van der Waals surface area contributed by atoms with E-state index >= 15 is 0 Å². The topological polar surface area (TPSA) is 80.0 Å². The summed E-state index contributed by atoms with van der Waals surface area (Å²) in [6, 6.07) is 3.46. The van der Waals surface area contributed by atoms with E-state index in [1.807, 2.05) is 4.90 Å². The average molecular weight is 435 g/mol.